The fraction of sp³-hybridized carbons (Fsp3) is 0.471. The highest BCUT2D eigenvalue weighted by Gasteiger charge is 2.51. The first-order chi connectivity index (χ1) is 21.3. The molecule has 8 nitrogen and oxygen atoms in total. The quantitative estimate of drug-likeness (QED) is 0.185. The van der Waals surface area contributed by atoms with Gasteiger partial charge in [-0.05, 0) is 94.4 Å². The SMILES string of the molecule is O=C(O)c1ccc(OCC2CC2)c2nc(C34CCC(OCc5c(-c6c(Cl)cncc6Cl)noc5C5CC5)(CC3)CC4)ccc12. The van der Waals surface area contributed by atoms with Gasteiger partial charge in [0.2, 0.25) is 0 Å². The molecule has 0 amide bonds. The smallest absolute Gasteiger partial charge is 0.336 e. The minimum absolute atomic E-state index is 0.0636. The summed E-state index contributed by atoms with van der Waals surface area (Å²) in [4.78, 5) is 21.2. The summed E-state index contributed by atoms with van der Waals surface area (Å²) in [5.41, 5.74) is 3.85. The number of aromatic carboxylic acids is 1. The molecule has 0 aliphatic heterocycles. The zero-order chi connectivity index (χ0) is 30.1. The summed E-state index contributed by atoms with van der Waals surface area (Å²) in [6.45, 7) is 1.04. The summed E-state index contributed by atoms with van der Waals surface area (Å²) >= 11 is 13.0. The molecular formula is C34H33Cl2N3O5. The lowest BCUT2D eigenvalue weighted by Crippen LogP contribution is -2.50. The van der Waals surface area contributed by atoms with Crippen molar-refractivity contribution in [2.24, 2.45) is 5.92 Å². The first-order valence-corrected chi connectivity index (χ1v) is 16.3. The highest BCUT2D eigenvalue weighted by atomic mass is 35.5. The monoisotopic (exact) mass is 633 g/mol. The van der Waals surface area contributed by atoms with Crippen molar-refractivity contribution in [1.29, 1.82) is 0 Å². The lowest BCUT2D eigenvalue weighted by atomic mass is 9.57. The van der Waals surface area contributed by atoms with Crippen molar-refractivity contribution in [3.8, 4) is 17.0 Å². The van der Waals surface area contributed by atoms with Gasteiger partial charge in [-0.15, -0.1) is 0 Å². The number of carbonyl (C=O) groups is 1. The summed E-state index contributed by atoms with van der Waals surface area (Å²) < 4.78 is 18.8. The summed E-state index contributed by atoms with van der Waals surface area (Å²) in [6.07, 6.45) is 13.3. The van der Waals surface area contributed by atoms with Gasteiger partial charge in [-0.3, -0.25) is 4.98 Å². The minimum atomic E-state index is -0.956. The number of pyridine rings is 2. The number of halogens is 2. The molecule has 3 aromatic heterocycles. The number of ether oxygens (including phenoxy) is 2. The standard InChI is InChI=1S/C34H33Cl2N3O5/c35-24-15-37-16-25(36)28(24)30-23(31(44-39-30)20-3-4-20)18-43-34-12-9-33(10-13-34,11-14-34)27-8-6-21-22(32(40)41)5-7-26(29(21)38-27)42-17-19-1-2-19/h5-8,15-16,19-20H,1-4,9-14,17-18H2,(H,40,41). The molecule has 1 aromatic carbocycles. The van der Waals surface area contributed by atoms with Gasteiger partial charge in [0.25, 0.3) is 0 Å². The molecule has 0 spiro atoms. The third kappa shape index (κ3) is 4.95. The van der Waals surface area contributed by atoms with E-state index >= 15 is 0 Å². The van der Waals surface area contributed by atoms with Crippen molar-refractivity contribution in [2.45, 2.75) is 87.7 Å². The third-order valence-corrected chi connectivity index (χ3v) is 10.9. The Labute approximate surface area is 265 Å². The van der Waals surface area contributed by atoms with Crippen LogP contribution in [0.15, 0.2) is 41.2 Å². The molecule has 1 N–H and O–H groups in total. The summed E-state index contributed by atoms with van der Waals surface area (Å²) in [7, 11) is 0. The van der Waals surface area contributed by atoms with E-state index in [9.17, 15) is 9.90 Å². The molecular weight excluding hydrogens is 601 g/mol. The molecule has 0 radical (unpaired) electrons. The molecule has 44 heavy (non-hydrogen) atoms. The Morgan fingerprint density at radius 2 is 1.70 bits per heavy atom. The largest absolute Gasteiger partial charge is 0.491 e. The molecule has 5 aliphatic carbocycles. The summed E-state index contributed by atoms with van der Waals surface area (Å²) in [5.74, 6) is 1.54. The number of carboxylic acid groups (broad SMARTS) is 1. The molecule has 10 heteroatoms. The van der Waals surface area contributed by atoms with E-state index in [4.69, 9.17) is 42.2 Å². The molecule has 2 bridgehead atoms. The Kier molecular flexibility index (Phi) is 6.88. The predicted molar refractivity (Wildman–Crippen MR) is 166 cm³/mol. The van der Waals surface area contributed by atoms with Gasteiger partial charge in [0.05, 0.1) is 34.4 Å². The van der Waals surface area contributed by atoms with Crippen LogP contribution in [-0.2, 0) is 16.8 Å². The Bertz CT molecular complexity index is 1740. The van der Waals surface area contributed by atoms with Crippen LogP contribution in [0.2, 0.25) is 10.0 Å². The fourth-order valence-electron chi connectivity index (χ4n) is 7.22. The Balaban J connectivity index is 1.04. The summed E-state index contributed by atoms with van der Waals surface area (Å²) in [6, 6.07) is 7.36. The lowest BCUT2D eigenvalue weighted by Gasteiger charge is -2.53. The first-order valence-electron chi connectivity index (χ1n) is 15.6. The van der Waals surface area contributed by atoms with Crippen molar-refractivity contribution in [3.05, 3.63) is 69.3 Å². The van der Waals surface area contributed by atoms with E-state index in [2.05, 4.69) is 10.1 Å². The van der Waals surface area contributed by atoms with Gasteiger partial charge in [0, 0.05) is 45.9 Å². The molecule has 0 atom stereocenters. The molecule has 228 valence electrons. The van der Waals surface area contributed by atoms with Gasteiger partial charge in [0.15, 0.2) is 0 Å². The number of carboxylic acids is 1. The minimum Gasteiger partial charge on any atom is -0.491 e. The van der Waals surface area contributed by atoms with Gasteiger partial charge in [0.1, 0.15) is 22.7 Å². The Morgan fingerprint density at radius 1 is 0.977 bits per heavy atom. The van der Waals surface area contributed by atoms with Crippen LogP contribution < -0.4 is 4.74 Å². The van der Waals surface area contributed by atoms with Crippen molar-refractivity contribution in [3.63, 3.8) is 0 Å². The van der Waals surface area contributed by atoms with E-state index in [0.717, 1.165) is 68.4 Å². The van der Waals surface area contributed by atoms with E-state index < -0.39 is 5.97 Å². The van der Waals surface area contributed by atoms with Gasteiger partial charge < -0.3 is 19.1 Å². The van der Waals surface area contributed by atoms with Crippen molar-refractivity contribution >= 4 is 40.1 Å². The number of aromatic nitrogens is 3. The second kappa shape index (κ2) is 10.7. The van der Waals surface area contributed by atoms with Crippen LogP contribution >= 0.6 is 23.2 Å². The second-order valence-corrected chi connectivity index (χ2v) is 14.0. The van der Waals surface area contributed by atoms with E-state index in [1.807, 2.05) is 12.1 Å². The van der Waals surface area contributed by atoms with Crippen LogP contribution in [0, 0.1) is 5.92 Å². The van der Waals surface area contributed by atoms with Crippen LogP contribution in [0.5, 0.6) is 5.75 Å². The molecule has 5 aliphatic rings. The maximum absolute atomic E-state index is 12.0. The molecule has 4 aromatic rings. The molecule has 5 saturated carbocycles. The summed E-state index contributed by atoms with van der Waals surface area (Å²) in [5, 5.41) is 15.7. The van der Waals surface area contributed by atoms with Crippen molar-refractivity contribution in [2.75, 3.05) is 6.61 Å². The number of hydrogen-bond donors (Lipinski definition) is 1. The van der Waals surface area contributed by atoms with Crippen molar-refractivity contribution in [1.82, 2.24) is 15.1 Å². The van der Waals surface area contributed by atoms with Crippen LogP contribution in [0.1, 0.15) is 97.5 Å². The normalized spacial score (nSPS) is 24.6. The fourth-order valence-corrected chi connectivity index (χ4v) is 7.77. The van der Waals surface area contributed by atoms with Crippen LogP contribution in [0.25, 0.3) is 22.2 Å². The predicted octanol–water partition coefficient (Wildman–Crippen LogP) is 8.52. The number of rotatable bonds is 10. The van der Waals surface area contributed by atoms with Gasteiger partial charge in [-0.2, -0.15) is 0 Å². The number of benzene rings is 1. The van der Waals surface area contributed by atoms with Crippen molar-refractivity contribution < 1.29 is 23.9 Å². The Hall–Kier alpha value is -3.20. The van der Waals surface area contributed by atoms with Crippen LogP contribution in [0.3, 0.4) is 0 Å². The van der Waals surface area contributed by atoms with Gasteiger partial charge in [-0.25, -0.2) is 9.78 Å². The highest BCUT2D eigenvalue weighted by Crippen LogP contribution is 2.56. The zero-order valence-electron chi connectivity index (χ0n) is 24.3. The van der Waals surface area contributed by atoms with Crippen LogP contribution in [-0.4, -0.2) is 38.4 Å². The average molecular weight is 635 g/mol. The first kappa shape index (κ1) is 28.3. The number of nitrogens with zero attached hydrogens (tertiary/aromatic N) is 3. The molecule has 5 fully saturated rings. The van der Waals surface area contributed by atoms with Crippen LogP contribution in [0.4, 0.5) is 0 Å². The van der Waals surface area contributed by atoms with Gasteiger partial charge in [-0.1, -0.05) is 28.4 Å². The van der Waals surface area contributed by atoms with E-state index in [-0.39, 0.29) is 16.6 Å². The lowest BCUT2D eigenvalue weighted by molar-refractivity contribution is -0.127. The molecule has 0 saturated heterocycles. The molecule has 9 rings (SSSR count). The number of fused-ring (bicyclic) bond motifs is 4. The molecule has 3 heterocycles. The van der Waals surface area contributed by atoms with E-state index in [1.165, 1.54) is 12.8 Å². The Morgan fingerprint density at radius 3 is 2.36 bits per heavy atom. The third-order valence-electron chi connectivity index (χ3n) is 10.3. The highest BCUT2D eigenvalue weighted by molar-refractivity contribution is 6.38. The average Bonchev–Trinajstić information content (AvgIpc) is 3.98. The van der Waals surface area contributed by atoms with E-state index in [1.54, 1.807) is 24.5 Å². The van der Waals surface area contributed by atoms with E-state index in [0.29, 0.717) is 63.0 Å². The topological polar surface area (TPSA) is 108 Å². The number of hydrogen-bond acceptors (Lipinski definition) is 7. The second-order valence-electron chi connectivity index (χ2n) is 13.1. The molecule has 0 unspecified atom stereocenters. The zero-order valence-corrected chi connectivity index (χ0v) is 25.8. The van der Waals surface area contributed by atoms with Gasteiger partial charge >= 0.3 is 5.97 Å². The maximum atomic E-state index is 12.0. The maximum Gasteiger partial charge on any atom is 0.336 e.